The van der Waals surface area contributed by atoms with Crippen LogP contribution in [0.25, 0.3) is 0 Å². The maximum Gasteiger partial charge on any atom is 0.0652 e. The lowest BCUT2D eigenvalue weighted by Gasteiger charge is -2.19. The molecule has 0 aliphatic carbocycles. The monoisotopic (exact) mass is 167 g/mol. The van der Waals surface area contributed by atoms with Gasteiger partial charge in [0.25, 0.3) is 0 Å². The van der Waals surface area contributed by atoms with E-state index in [0.717, 1.165) is 13.2 Å². The summed E-state index contributed by atoms with van der Waals surface area (Å²) in [6.45, 7) is 7.93. The first kappa shape index (κ1) is 9.33. The Labute approximate surface area is 74.2 Å². The third kappa shape index (κ3) is 3.58. The number of rotatable bonds is 3. The fraction of sp³-hybridized carbons (Fsp3) is 0.600. The molecule has 0 atom stereocenters. The molecule has 0 unspecified atom stereocenters. The Morgan fingerprint density at radius 2 is 1.75 bits per heavy atom. The highest BCUT2D eigenvalue weighted by molar-refractivity contribution is 4.89. The van der Waals surface area contributed by atoms with Gasteiger partial charge in [0.15, 0.2) is 0 Å². The van der Waals surface area contributed by atoms with E-state index in [2.05, 4.69) is 25.3 Å². The first-order valence-corrected chi connectivity index (χ1v) is 4.33. The van der Waals surface area contributed by atoms with Gasteiger partial charge in [0.05, 0.1) is 12.2 Å². The van der Waals surface area contributed by atoms with Crippen LogP contribution in [0.5, 0.6) is 0 Å². The standard InChI is InChI=1S/C10H17NO/c1-10(2,3)12-9-8-11-6-4-5-7-11/h4-7H,8-9H2,1-3H3. The molecule has 0 N–H and O–H groups in total. The Kier molecular flexibility index (Phi) is 2.93. The van der Waals surface area contributed by atoms with Gasteiger partial charge in [-0.25, -0.2) is 0 Å². The molecule has 12 heavy (non-hydrogen) atoms. The molecule has 0 saturated heterocycles. The van der Waals surface area contributed by atoms with Crippen LogP contribution in [0, 0.1) is 0 Å². The second-order valence-electron chi connectivity index (χ2n) is 3.88. The predicted molar refractivity (Wildman–Crippen MR) is 50.1 cm³/mol. The molecule has 2 heteroatoms. The summed E-state index contributed by atoms with van der Waals surface area (Å²) in [5, 5.41) is 0. The molecular weight excluding hydrogens is 150 g/mol. The highest BCUT2D eigenvalue weighted by atomic mass is 16.5. The quantitative estimate of drug-likeness (QED) is 0.673. The van der Waals surface area contributed by atoms with Gasteiger partial charge in [-0.2, -0.15) is 0 Å². The van der Waals surface area contributed by atoms with Crippen molar-refractivity contribution in [2.45, 2.75) is 32.9 Å². The summed E-state index contributed by atoms with van der Waals surface area (Å²) < 4.78 is 7.70. The number of hydrogen-bond donors (Lipinski definition) is 0. The molecule has 0 radical (unpaired) electrons. The maximum atomic E-state index is 5.58. The zero-order valence-electron chi connectivity index (χ0n) is 8.08. The molecule has 0 aliphatic rings. The first-order valence-electron chi connectivity index (χ1n) is 4.33. The number of aromatic nitrogens is 1. The zero-order chi connectivity index (χ0) is 9.03. The van der Waals surface area contributed by atoms with Crippen molar-refractivity contribution >= 4 is 0 Å². The van der Waals surface area contributed by atoms with Gasteiger partial charge in [-0.05, 0) is 32.9 Å². The number of ether oxygens (including phenoxy) is 1. The Balaban J connectivity index is 2.20. The van der Waals surface area contributed by atoms with Crippen LogP contribution in [-0.2, 0) is 11.3 Å². The van der Waals surface area contributed by atoms with Crippen molar-refractivity contribution in [2.75, 3.05) is 6.61 Å². The van der Waals surface area contributed by atoms with Gasteiger partial charge < -0.3 is 9.30 Å². The van der Waals surface area contributed by atoms with E-state index in [1.165, 1.54) is 0 Å². The van der Waals surface area contributed by atoms with Crippen LogP contribution in [-0.4, -0.2) is 16.8 Å². The van der Waals surface area contributed by atoms with E-state index in [1.54, 1.807) is 0 Å². The Morgan fingerprint density at radius 3 is 2.25 bits per heavy atom. The Hall–Kier alpha value is -0.760. The lowest BCUT2D eigenvalue weighted by molar-refractivity contribution is -0.00678. The molecule has 0 aromatic carbocycles. The van der Waals surface area contributed by atoms with Crippen molar-refractivity contribution in [1.29, 1.82) is 0 Å². The van der Waals surface area contributed by atoms with Crippen molar-refractivity contribution in [1.82, 2.24) is 4.57 Å². The molecule has 0 spiro atoms. The summed E-state index contributed by atoms with van der Waals surface area (Å²) in [4.78, 5) is 0. The fourth-order valence-electron chi connectivity index (χ4n) is 0.976. The maximum absolute atomic E-state index is 5.58. The van der Waals surface area contributed by atoms with Crippen LogP contribution < -0.4 is 0 Å². The smallest absolute Gasteiger partial charge is 0.0652 e. The molecular formula is C10H17NO. The molecule has 0 bridgehead atoms. The van der Waals surface area contributed by atoms with E-state index in [-0.39, 0.29) is 5.60 Å². The fourth-order valence-corrected chi connectivity index (χ4v) is 0.976. The van der Waals surface area contributed by atoms with Crippen LogP contribution in [0.1, 0.15) is 20.8 Å². The third-order valence-corrected chi connectivity index (χ3v) is 1.55. The molecule has 2 nitrogen and oxygen atoms in total. The van der Waals surface area contributed by atoms with Gasteiger partial charge in [0, 0.05) is 18.9 Å². The van der Waals surface area contributed by atoms with Crippen LogP contribution >= 0.6 is 0 Å². The molecule has 1 heterocycles. The lowest BCUT2D eigenvalue weighted by Crippen LogP contribution is -2.21. The van der Waals surface area contributed by atoms with Gasteiger partial charge in [-0.15, -0.1) is 0 Å². The summed E-state index contributed by atoms with van der Waals surface area (Å²) in [6.07, 6.45) is 4.10. The van der Waals surface area contributed by atoms with Gasteiger partial charge in [0.1, 0.15) is 0 Å². The van der Waals surface area contributed by atoms with Crippen molar-refractivity contribution in [2.24, 2.45) is 0 Å². The number of hydrogen-bond acceptors (Lipinski definition) is 1. The topological polar surface area (TPSA) is 14.2 Å². The van der Waals surface area contributed by atoms with E-state index in [9.17, 15) is 0 Å². The van der Waals surface area contributed by atoms with Crippen molar-refractivity contribution < 1.29 is 4.74 Å². The average molecular weight is 167 g/mol. The van der Waals surface area contributed by atoms with Crippen LogP contribution in [0.2, 0.25) is 0 Å². The van der Waals surface area contributed by atoms with E-state index in [1.807, 2.05) is 24.5 Å². The third-order valence-electron chi connectivity index (χ3n) is 1.55. The van der Waals surface area contributed by atoms with Crippen molar-refractivity contribution in [3.05, 3.63) is 24.5 Å². The Morgan fingerprint density at radius 1 is 1.17 bits per heavy atom. The molecule has 68 valence electrons. The largest absolute Gasteiger partial charge is 0.374 e. The molecule has 0 saturated carbocycles. The van der Waals surface area contributed by atoms with E-state index < -0.39 is 0 Å². The van der Waals surface area contributed by atoms with E-state index in [0.29, 0.717) is 0 Å². The van der Waals surface area contributed by atoms with Gasteiger partial charge in [-0.1, -0.05) is 0 Å². The second-order valence-corrected chi connectivity index (χ2v) is 3.88. The minimum atomic E-state index is -0.0207. The minimum Gasteiger partial charge on any atom is -0.374 e. The first-order chi connectivity index (χ1) is 5.58. The van der Waals surface area contributed by atoms with Gasteiger partial charge in [0.2, 0.25) is 0 Å². The predicted octanol–water partition coefficient (Wildman–Crippen LogP) is 2.30. The van der Waals surface area contributed by atoms with Crippen LogP contribution in [0.4, 0.5) is 0 Å². The zero-order valence-corrected chi connectivity index (χ0v) is 8.08. The minimum absolute atomic E-state index is 0.0207. The normalized spacial score (nSPS) is 11.9. The van der Waals surface area contributed by atoms with E-state index >= 15 is 0 Å². The summed E-state index contributed by atoms with van der Waals surface area (Å²) in [5.41, 5.74) is -0.0207. The van der Waals surface area contributed by atoms with Gasteiger partial charge in [-0.3, -0.25) is 0 Å². The second kappa shape index (κ2) is 3.76. The van der Waals surface area contributed by atoms with Crippen molar-refractivity contribution in [3.8, 4) is 0 Å². The van der Waals surface area contributed by atoms with Crippen LogP contribution in [0.15, 0.2) is 24.5 Å². The van der Waals surface area contributed by atoms with Crippen LogP contribution in [0.3, 0.4) is 0 Å². The Bertz CT molecular complexity index is 208. The van der Waals surface area contributed by atoms with E-state index in [4.69, 9.17) is 4.74 Å². The molecule has 0 fully saturated rings. The number of nitrogens with zero attached hydrogens (tertiary/aromatic N) is 1. The molecule has 1 aromatic rings. The highest BCUT2D eigenvalue weighted by Crippen LogP contribution is 2.06. The summed E-state index contributed by atoms with van der Waals surface area (Å²) in [6, 6.07) is 4.05. The molecule has 0 aliphatic heterocycles. The highest BCUT2D eigenvalue weighted by Gasteiger charge is 2.08. The summed E-state index contributed by atoms with van der Waals surface area (Å²) in [7, 11) is 0. The molecule has 1 rings (SSSR count). The summed E-state index contributed by atoms with van der Waals surface area (Å²) >= 11 is 0. The lowest BCUT2D eigenvalue weighted by atomic mass is 10.2. The average Bonchev–Trinajstić information content (AvgIpc) is 2.36. The molecule has 1 aromatic heterocycles. The molecule has 0 amide bonds. The SMILES string of the molecule is CC(C)(C)OCCn1cccc1. The van der Waals surface area contributed by atoms with Crippen molar-refractivity contribution in [3.63, 3.8) is 0 Å². The van der Waals surface area contributed by atoms with Gasteiger partial charge >= 0.3 is 0 Å². The summed E-state index contributed by atoms with van der Waals surface area (Å²) in [5.74, 6) is 0.